The lowest BCUT2D eigenvalue weighted by molar-refractivity contribution is 0.102. The second-order valence-electron chi connectivity index (χ2n) is 9.35. The number of H-pyrrole nitrogens is 1. The zero-order valence-corrected chi connectivity index (χ0v) is 21.7. The molecule has 1 amide bonds. The normalized spacial score (nSPS) is 14.6. The molecule has 4 heterocycles. The van der Waals surface area contributed by atoms with Gasteiger partial charge in [0.05, 0.1) is 11.3 Å². The average molecular weight is 531 g/mol. The number of halogens is 1. The van der Waals surface area contributed by atoms with Gasteiger partial charge in [0.2, 0.25) is 0 Å². The van der Waals surface area contributed by atoms with Crippen LogP contribution in [0.2, 0.25) is 0 Å². The van der Waals surface area contributed by atoms with Gasteiger partial charge in [-0.2, -0.15) is 5.10 Å². The first-order valence-electron chi connectivity index (χ1n) is 12.6. The molecule has 3 N–H and O–H groups in total. The Hall–Kier alpha value is -4.12. The fraction of sp³-hybridized carbons (Fsp3) is 0.259. The average Bonchev–Trinajstić information content (AvgIpc) is 3.22. The molecule has 0 atom stereocenters. The highest BCUT2D eigenvalue weighted by atomic mass is 32.2. The number of carbonyl (C=O) groups is 1. The Bertz CT molecular complexity index is 1470. The van der Waals surface area contributed by atoms with Crippen LogP contribution in [-0.2, 0) is 0 Å². The Kier molecular flexibility index (Phi) is 6.59. The van der Waals surface area contributed by atoms with Crippen molar-refractivity contribution < 1.29 is 9.18 Å². The Morgan fingerprint density at radius 1 is 0.974 bits per heavy atom. The molecule has 6 rings (SSSR count). The molecule has 2 aromatic carbocycles. The standard InChI is InChI=1S/C27H27FN8OS/c1-17-15-23(34-33-17)30-22-16-24(36-13-4-14-36)32-27(31-22)38-19-9-7-18(8-10-19)29-26(37)25-20(28)5-2-6-21(25)35-11-3-12-35/h2,5-10,15-16H,3-4,11-14H2,1H3,(H,29,37)(H2,30,31,32,33,34). The highest BCUT2D eigenvalue weighted by Crippen LogP contribution is 2.32. The van der Waals surface area contributed by atoms with E-state index < -0.39 is 11.7 Å². The van der Waals surface area contributed by atoms with Gasteiger partial charge in [-0.15, -0.1) is 0 Å². The van der Waals surface area contributed by atoms with Crippen molar-refractivity contribution in [3.63, 3.8) is 0 Å². The fourth-order valence-corrected chi connectivity index (χ4v) is 5.07. The first-order chi connectivity index (χ1) is 18.5. The minimum atomic E-state index is -0.521. The van der Waals surface area contributed by atoms with Gasteiger partial charge in [-0.1, -0.05) is 6.07 Å². The summed E-state index contributed by atoms with van der Waals surface area (Å²) < 4.78 is 14.6. The molecule has 0 bridgehead atoms. The van der Waals surface area contributed by atoms with E-state index in [4.69, 9.17) is 4.98 Å². The van der Waals surface area contributed by atoms with Gasteiger partial charge >= 0.3 is 0 Å². The molecular weight excluding hydrogens is 503 g/mol. The maximum atomic E-state index is 14.6. The van der Waals surface area contributed by atoms with Gasteiger partial charge in [0.25, 0.3) is 5.91 Å². The SMILES string of the molecule is Cc1cc(Nc2cc(N3CCC3)nc(Sc3ccc(NC(=O)c4c(F)cccc4N4CCC4)cc3)n2)n[nH]1. The predicted octanol–water partition coefficient (Wildman–Crippen LogP) is 5.21. The third kappa shape index (κ3) is 5.14. The third-order valence-corrected chi connectivity index (χ3v) is 7.44. The minimum Gasteiger partial charge on any atom is -0.371 e. The predicted molar refractivity (Wildman–Crippen MR) is 147 cm³/mol. The molecular formula is C27H27FN8OS. The van der Waals surface area contributed by atoms with Crippen molar-refractivity contribution in [3.05, 3.63) is 71.7 Å². The summed E-state index contributed by atoms with van der Waals surface area (Å²) in [7, 11) is 0. The number of rotatable bonds is 8. The van der Waals surface area contributed by atoms with Gasteiger partial charge in [-0.05, 0) is 67.9 Å². The molecule has 4 aromatic rings. The van der Waals surface area contributed by atoms with Crippen LogP contribution in [0.5, 0.6) is 0 Å². The van der Waals surface area contributed by atoms with Crippen LogP contribution in [0.15, 0.2) is 64.6 Å². The molecule has 2 aromatic heterocycles. The lowest BCUT2D eigenvalue weighted by Gasteiger charge is -2.34. The molecule has 0 radical (unpaired) electrons. The van der Waals surface area contributed by atoms with Gasteiger partial charge in [0, 0.05) is 54.6 Å². The number of nitrogens with zero attached hydrogens (tertiary/aromatic N) is 5. The van der Waals surface area contributed by atoms with Crippen molar-refractivity contribution in [3.8, 4) is 0 Å². The number of nitrogens with one attached hydrogen (secondary N) is 3. The quantitative estimate of drug-likeness (QED) is 0.267. The van der Waals surface area contributed by atoms with Gasteiger partial charge in [0.1, 0.15) is 17.5 Å². The molecule has 2 aliphatic heterocycles. The molecule has 9 nitrogen and oxygen atoms in total. The fourth-order valence-electron chi connectivity index (χ4n) is 4.31. The van der Waals surface area contributed by atoms with Crippen molar-refractivity contribution in [1.82, 2.24) is 20.2 Å². The summed E-state index contributed by atoms with van der Waals surface area (Å²) in [6.45, 7) is 5.54. The van der Waals surface area contributed by atoms with Crippen LogP contribution in [0.1, 0.15) is 28.9 Å². The summed E-state index contributed by atoms with van der Waals surface area (Å²) in [6.07, 6.45) is 2.19. The van der Waals surface area contributed by atoms with E-state index in [1.807, 2.05) is 36.1 Å². The van der Waals surface area contributed by atoms with Gasteiger partial charge in [0.15, 0.2) is 11.0 Å². The second kappa shape index (κ2) is 10.3. The van der Waals surface area contributed by atoms with Crippen LogP contribution >= 0.6 is 11.8 Å². The Morgan fingerprint density at radius 3 is 2.39 bits per heavy atom. The summed E-state index contributed by atoms with van der Waals surface area (Å²) in [5.41, 5.74) is 2.25. The number of carbonyl (C=O) groups excluding carboxylic acids is 1. The Morgan fingerprint density at radius 2 is 1.74 bits per heavy atom. The van der Waals surface area contributed by atoms with E-state index in [2.05, 4.69) is 30.7 Å². The number of benzene rings is 2. The van der Waals surface area contributed by atoms with Gasteiger partial charge < -0.3 is 20.4 Å². The van der Waals surface area contributed by atoms with E-state index in [1.165, 1.54) is 17.8 Å². The molecule has 38 heavy (non-hydrogen) atoms. The first-order valence-corrected chi connectivity index (χ1v) is 13.4. The highest BCUT2D eigenvalue weighted by Gasteiger charge is 2.24. The smallest absolute Gasteiger partial charge is 0.260 e. The molecule has 0 spiro atoms. The minimum absolute atomic E-state index is 0.0778. The molecule has 2 saturated heterocycles. The number of anilines is 5. The summed E-state index contributed by atoms with van der Waals surface area (Å²) in [5.74, 6) is 1.25. The van der Waals surface area contributed by atoms with Crippen molar-refractivity contribution in [2.45, 2.75) is 29.8 Å². The number of amides is 1. The highest BCUT2D eigenvalue weighted by molar-refractivity contribution is 7.99. The lowest BCUT2D eigenvalue weighted by Crippen LogP contribution is -2.38. The Balaban J connectivity index is 1.18. The third-order valence-electron chi connectivity index (χ3n) is 6.57. The number of aryl methyl sites for hydroxylation is 1. The van der Waals surface area contributed by atoms with E-state index in [-0.39, 0.29) is 5.56 Å². The van der Waals surface area contributed by atoms with Crippen LogP contribution in [0.3, 0.4) is 0 Å². The van der Waals surface area contributed by atoms with E-state index in [0.29, 0.717) is 28.2 Å². The van der Waals surface area contributed by atoms with Crippen LogP contribution in [0.4, 0.5) is 33.2 Å². The van der Waals surface area contributed by atoms with Crippen molar-refractivity contribution >= 4 is 46.5 Å². The van der Waals surface area contributed by atoms with Crippen LogP contribution < -0.4 is 20.4 Å². The molecule has 194 valence electrons. The number of aromatic amines is 1. The molecule has 2 fully saturated rings. The van der Waals surface area contributed by atoms with Gasteiger partial charge in [-0.25, -0.2) is 14.4 Å². The molecule has 0 aliphatic carbocycles. The van der Waals surface area contributed by atoms with Crippen LogP contribution in [0.25, 0.3) is 0 Å². The van der Waals surface area contributed by atoms with Gasteiger partial charge in [-0.3, -0.25) is 9.89 Å². The maximum Gasteiger partial charge on any atom is 0.260 e. The summed E-state index contributed by atoms with van der Waals surface area (Å²) in [6, 6.07) is 16.0. The van der Waals surface area contributed by atoms with E-state index in [9.17, 15) is 9.18 Å². The zero-order chi connectivity index (χ0) is 26.1. The summed E-state index contributed by atoms with van der Waals surface area (Å²) >= 11 is 1.43. The number of aromatic nitrogens is 4. The van der Waals surface area contributed by atoms with E-state index >= 15 is 0 Å². The second-order valence-corrected chi connectivity index (χ2v) is 10.4. The van der Waals surface area contributed by atoms with Crippen molar-refractivity contribution in [2.24, 2.45) is 0 Å². The molecule has 0 saturated carbocycles. The number of hydrogen-bond donors (Lipinski definition) is 3. The van der Waals surface area contributed by atoms with Crippen molar-refractivity contribution in [1.29, 1.82) is 0 Å². The summed E-state index contributed by atoms with van der Waals surface area (Å²) in [4.78, 5) is 27.5. The maximum absolute atomic E-state index is 14.6. The topological polar surface area (TPSA) is 102 Å². The molecule has 11 heteroatoms. The monoisotopic (exact) mass is 530 g/mol. The number of hydrogen-bond acceptors (Lipinski definition) is 8. The summed E-state index contributed by atoms with van der Waals surface area (Å²) in [5, 5.41) is 13.9. The lowest BCUT2D eigenvalue weighted by atomic mass is 10.1. The Labute approximate surface area is 223 Å². The van der Waals surface area contributed by atoms with E-state index in [0.717, 1.165) is 55.4 Å². The largest absolute Gasteiger partial charge is 0.371 e. The van der Waals surface area contributed by atoms with E-state index in [1.54, 1.807) is 24.3 Å². The van der Waals surface area contributed by atoms with Crippen LogP contribution in [-0.4, -0.2) is 52.3 Å². The molecule has 2 aliphatic rings. The molecule has 0 unspecified atom stereocenters. The zero-order valence-electron chi connectivity index (χ0n) is 20.9. The van der Waals surface area contributed by atoms with Crippen molar-refractivity contribution in [2.75, 3.05) is 46.6 Å². The first kappa shape index (κ1) is 24.2. The van der Waals surface area contributed by atoms with Crippen LogP contribution in [0, 0.1) is 12.7 Å².